The predicted octanol–water partition coefficient (Wildman–Crippen LogP) is 3.82. The first-order valence-corrected chi connectivity index (χ1v) is 8.19. The van der Waals surface area contributed by atoms with Crippen LogP contribution in [0.1, 0.15) is 37.3 Å². The zero-order valence-electron chi connectivity index (χ0n) is 12.1. The first kappa shape index (κ1) is 19.2. The van der Waals surface area contributed by atoms with Crippen LogP contribution in [0.5, 0.6) is 0 Å². The molecule has 2 aliphatic rings. The number of halogens is 3. The summed E-state index contributed by atoms with van der Waals surface area (Å²) in [6, 6.07) is 2.83. The van der Waals surface area contributed by atoms with Crippen LogP contribution < -0.4 is 5.32 Å². The average molecular weight is 397 g/mol. The number of nitrogens with zero attached hydrogens (tertiary/aromatic N) is 2. The van der Waals surface area contributed by atoms with E-state index in [1.165, 1.54) is 31.2 Å². The molecule has 120 valence electrons. The summed E-state index contributed by atoms with van der Waals surface area (Å²) in [6.07, 6.45) is 9.49. The Morgan fingerprint density at radius 3 is 2.43 bits per heavy atom. The van der Waals surface area contributed by atoms with Crippen LogP contribution in [-0.4, -0.2) is 36.1 Å². The van der Waals surface area contributed by atoms with Crippen molar-refractivity contribution in [3.63, 3.8) is 0 Å². The van der Waals surface area contributed by atoms with Crippen LogP contribution in [0.25, 0.3) is 0 Å². The lowest BCUT2D eigenvalue weighted by Crippen LogP contribution is -2.46. The van der Waals surface area contributed by atoms with Crippen molar-refractivity contribution >= 4 is 40.7 Å². The molecule has 3 rings (SSSR count). The van der Waals surface area contributed by atoms with Crippen LogP contribution in [0, 0.1) is 5.92 Å². The minimum Gasteiger partial charge on any atom is -0.314 e. The van der Waals surface area contributed by atoms with E-state index in [1.807, 2.05) is 6.20 Å². The highest BCUT2D eigenvalue weighted by Crippen LogP contribution is 2.39. The van der Waals surface area contributed by atoms with E-state index in [9.17, 15) is 0 Å². The topological polar surface area (TPSA) is 28.2 Å². The van der Waals surface area contributed by atoms with Crippen molar-refractivity contribution in [3.8, 4) is 0 Å². The quantitative estimate of drug-likeness (QED) is 0.841. The van der Waals surface area contributed by atoms with Crippen LogP contribution >= 0.6 is 40.7 Å². The molecule has 0 amide bonds. The third-order valence-electron chi connectivity index (χ3n) is 4.46. The maximum atomic E-state index is 4.38. The van der Waals surface area contributed by atoms with Crippen molar-refractivity contribution in [1.82, 2.24) is 15.2 Å². The van der Waals surface area contributed by atoms with Crippen molar-refractivity contribution in [1.29, 1.82) is 0 Å². The fraction of sp³-hybridized carbons (Fsp3) is 0.667. The maximum absolute atomic E-state index is 4.38. The van der Waals surface area contributed by atoms with Gasteiger partial charge < -0.3 is 5.32 Å². The summed E-state index contributed by atoms with van der Waals surface area (Å²) >= 11 is 3.57. The number of hydrogen-bond acceptors (Lipinski definition) is 3. The summed E-state index contributed by atoms with van der Waals surface area (Å²) in [5, 5.41) is 3.46. The predicted molar refractivity (Wildman–Crippen MR) is 95.6 cm³/mol. The molecule has 6 heteroatoms. The van der Waals surface area contributed by atoms with Gasteiger partial charge in [-0.3, -0.25) is 9.88 Å². The van der Waals surface area contributed by atoms with Gasteiger partial charge in [0.05, 0.1) is 0 Å². The molecule has 1 aliphatic heterocycles. The van der Waals surface area contributed by atoms with Crippen LogP contribution in [0.2, 0.25) is 0 Å². The number of aromatic nitrogens is 1. The normalized spacial score (nSPS) is 21.4. The second kappa shape index (κ2) is 9.31. The first-order valence-electron chi connectivity index (χ1n) is 7.40. The molecular formula is C15H24BrCl2N3. The summed E-state index contributed by atoms with van der Waals surface area (Å²) < 4.78 is 1.10. The van der Waals surface area contributed by atoms with Gasteiger partial charge in [-0.2, -0.15) is 0 Å². The van der Waals surface area contributed by atoms with E-state index < -0.39 is 0 Å². The second-order valence-corrected chi connectivity index (χ2v) is 6.63. The Labute approximate surface area is 148 Å². The highest BCUT2D eigenvalue weighted by molar-refractivity contribution is 9.10. The van der Waals surface area contributed by atoms with E-state index in [0.29, 0.717) is 6.04 Å². The third kappa shape index (κ3) is 4.80. The summed E-state index contributed by atoms with van der Waals surface area (Å²) in [7, 11) is 0. The number of pyridine rings is 1. The molecule has 0 spiro atoms. The average Bonchev–Trinajstić information content (AvgIpc) is 2.94. The van der Waals surface area contributed by atoms with Crippen LogP contribution in [-0.2, 0) is 0 Å². The molecule has 3 nitrogen and oxygen atoms in total. The lowest BCUT2D eigenvalue weighted by molar-refractivity contribution is 0.125. The molecule has 21 heavy (non-hydrogen) atoms. The zero-order valence-corrected chi connectivity index (χ0v) is 15.4. The standard InChI is InChI=1S/C15H22BrN3.2ClH/c16-14-9-13(10-18-11-14)15(12-3-1-2-4-12)19-7-5-17-6-8-19;;/h9-12,15,17H,1-8H2;2*1H/t15-;;/m1../s1. The van der Waals surface area contributed by atoms with Crippen molar-refractivity contribution in [3.05, 3.63) is 28.5 Å². The smallest absolute Gasteiger partial charge is 0.0410 e. The molecule has 1 aromatic rings. The van der Waals surface area contributed by atoms with E-state index in [-0.39, 0.29) is 24.8 Å². The monoisotopic (exact) mass is 395 g/mol. The Morgan fingerprint density at radius 1 is 1.14 bits per heavy atom. The number of nitrogens with one attached hydrogen (secondary N) is 1. The van der Waals surface area contributed by atoms with Gasteiger partial charge >= 0.3 is 0 Å². The second-order valence-electron chi connectivity index (χ2n) is 5.71. The van der Waals surface area contributed by atoms with Gasteiger partial charge in [0.15, 0.2) is 0 Å². The van der Waals surface area contributed by atoms with Gasteiger partial charge in [0, 0.05) is 49.1 Å². The van der Waals surface area contributed by atoms with E-state index in [2.05, 4.69) is 43.4 Å². The summed E-state index contributed by atoms with van der Waals surface area (Å²) in [5.41, 5.74) is 1.39. The van der Waals surface area contributed by atoms with Gasteiger partial charge in [-0.25, -0.2) is 0 Å². The van der Waals surface area contributed by atoms with Gasteiger partial charge in [0.2, 0.25) is 0 Å². The molecule has 2 fully saturated rings. The Balaban J connectivity index is 0.00000110. The lowest BCUT2D eigenvalue weighted by atomic mass is 9.90. The molecule has 1 atom stereocenters. The van der Waals surface area contributed by atoms with E-state index >= 15 is 0 Å². The van der Waals surface area contributed by atoms with Crippen molar-refractivity contribution < 1.29 is 0 Å². The lowest BCUT2D eigenvalue weighted by Gasteiger charge is -2.38. The molecule has 1 aliphatic carbocycles. The summed E-state index contributed by atoms with van der Waals surface area (Å²) in [4.78, 5) is 7.04. The van der Waals surface area contributed by atoms with Crippen molar-refractivity contribution in [2.45, 2.75) is 31.7 Å². The SMILES string of the molecule is Brc1cncc([C@@H](C2CCCC2)N2CCNCC2)c1.Cl.Cl. The molecule has 1 saturated carbocycles. The Hall–Kier alpha value is 0.130. The minimum absolute atomic E-state index is 0. The van der Waals surface area contributed by atoms with Gasteiger partial charge in [-0.1, -0.05) is 12.8 Å². The largest absolute Gasteiger partial charge is 0.314 e. The number of hydrogen-bond donors (Lipinski definition) is 1. The fourth-order valence-corrected chi connectivity index (χ4v) is 3.99. The van der Waals surface area contributed by atoms with Gasteiger partial charge in [0.1, 0.15) is 0 Å². The molecule has 2 heterocycles. The van der Waals surface area contributed by atoms with Gasteiger partial charge in [-0.05, 0) is 46.3 Å². The maximum Gasteiger partial charge on any atom is 0.0410 e. The summed E-state index contributed by atoms with van der Waals surface area (Å²) in [5.74, 6) is 0.814. The molecule has 1 N–H and O–H groups in total. The number of rotatable bonds is 3. The van der Waals surface area contributed by atoms with E-state index in [0.717, 1.165) is 36.6 Å². The third-order valence-corrected chi connectivity index (χ3v) is 4.89. The Morgan fingerprint density at radius 2 is 1.81 bits per heavy atom. The van der Waals surface area contributed by atoms with Crippen molar-refractivity contribution in [2.75, 3.05) is 26.2 Å². The zero-order chi connectivity index (χ0) is 13.1. The molecule has 0 bridgehead atoms. The van der Waals surface area contributed by atoms with Crippen LogP contribution in [0.3, 0.4) is 0 Å². The van der Waals surface area contributed by atoms with Gasteiger partial charge in [0.25, 0.3) is 0 Å². The Kier molecular flexibility index (Phi) is 8.50. The fourth-order valence-electron chi connectivity index (χ4n) is 3.60. The summed E-state index contributed by atoms with van der Waals surface area (Å²) in [6.45, 7) is 4.55. The highest BCUT2D eigenvalue weighted by Gasteiger charge is 2.32. The molecule has 0 radical (unpaired) electrons. The highest BCUT2D eigenvalue weighted by atomic mass is 79.9. The minimum atomic E-state index is 0. The molecule has 0 aromatic carbocycles. The molecular weight excluding hydrogens is 373 g/mol. The van der Waals surface area contributed by atoms with Crippen molar-refractivity contribution in [2.24, 2.45) is 5.92 Å². The first-order chi connectivity index (χ1) is 9.34. The van der Waals surface area contributed by atoms with Crippen LogP contribution in [0.4, 0.5) is 0 Å². The Bertz CT molecular complexity index is 421. The molecule has 0 unspecified atom stereocenters. The molecule has 1 aromatic heterocycles. The van der Waals surface area contributed by atoms with E-state index in [1.54, 1.807) is 0 Å². The van der Waals surface area contributed by atoms with Crippen LogP contribution in [0.15, 0.2) is 22.9 Å². The number of piperazine rings is 1. The van der Waals surface area contributed by atoms with E-state index in [4.69, 9.17) is 0 Å². The molecule has 1 saturated heterocycles. The van der Waals surface area contributed by atoms with Gasteiger partial charge in [-0.15, -0.1) is 24.8 Å².